The van der Waals surface area contributed by atoms with E-state index in [1.807, 2.05) is 5.43 Å². The Hall–Kier alpha value is -2.38. The number of nitrogens with one attached hydrogen (secondary N) is 1. The van der Waals surface area contributed by atoms with Gasteiger partial charge in [-0.25, -0.2) is 15.6 Å². The third-order valence-corrected chi connectivity index (χ3v) is 2.87. The SMILES string of the molecule is NNC(=O)c1ccccc1OCCn1cc(Cl)cnc1=O. The lowest BCUT2D eigenvalue weighted by Crippen LogP contribution is -2.30. The van der Waals surface area contributed by atoms with Gasteiger partial charge in [-0.3, -0.25) is 14.8 Å². The summed E-state index contributed by atoms with van der Waals surface area (Å²) in [4.78, 5) is 26.7. The molecule has 0 spiro atoms. The highest BCUT2D eigenvalue weighted by Crippen LogP contribution is 2.17. The Morgan fingerprint density at radius 1 is 1.43 bits per heavy atom. The zero-order valence-corrected chi connectivity index (χ0v) is 11.7. The van der Waals surface area contributed by atoms with Gasteiger partial charge in [-0.2, -0.15) is 0 Å². The second kappa shape index (κ2) is 6.87. The molecule has 0 saturated carbocycles. The number of nitrogens with zero attached hydrogens (tertiary/aromatic N) is 2. The summed E-state index contributed by atoms with van der Waals surface area (Å²) in [5, 5.41) is 0.359. The van der Waals surface area contributed by atoms with Crippen LogP contribution in [0.5, 0.6) is 5.75 Å². The lowest BCUT2D eigenvalue weighted by Gasteiger charge is -2.11. The van der Waals surface area contributed by atoms with Crippen molar-refractivity contribution < 1.29 is 9.53 Å². The molecule has 0 saturated heterocycles. The van der Waals surface area contributed by atoms with Crippen molar-refractivity contribution in [3.8, 4) is 5.75 Å². The Morgan fingerprint density at radius 2 is 2.19 bits per heavy atom. The molecule has 0 radical (unpaired) electrons. The summed E-state index contributed by atoms with van der Waals surface area (Å²) in [6.07, 6.45) is 2.75. The van der Waals surface area contributed by atoms with Gasteiger partial charge in [0.2, 0.25) is 0 Å². The lowest BCUT2D eigenvalue weighted by molar-refractivity contribution is 0.0949. The van der Waals surface area contributed by atoms with Crippen LogP contribution in [0.25, 0.3) is 0 Å². The summed E-state index contributed by atoms with van der Waals surface area (Å²) in [5.41, 5.74) is 1.94. The number of ether oxygens (including phenoxy) is 1. The Labute approximate surface area is 125 Å². The standard InChI is InChI=1S/C13H13ClN4O3/c14-9-7-16-13(20)18(8-9)5-6-21-11-4-2-1-3-10(11)12(19)17-15/h1-4,7-8H,5-6,15H2,(H,17,19). The summed E-state index contributed by atoms with van der Waals surface area (Å²) < 4.78 is 6.84. The zero-order chi connectivity index (χ0) is 15.2. The number of hydrogen-bond acceptors (Lipinski definition) is 5. The van der Waals surface area contributed by atoms with Crippen LogP contribution in [0.4, 0.5) is 0 Å². The highest BCUT2D eigenvalue weighted by atomic mass is 35.5. The van der Waals surface area contributed by atoms with E-state index in [1.165, 1.54) is 17.0 Å². The van der Waals surface area contributed by atoms with Gasteiger partial charge in [-0.05, 0) is 12.1 Å². The summed E-state index contributed by atoms with van der Waals surface area (Å²) in [7, 11) is 0. The van der Waals surface area contributed by atoms with E-state index in [9.17, 15) is 9.59 Å². The molecule has 21 heavy (non-hydrogen) atoms. The van der Waals surface area contributed by atoms with E-state index >= 15 is 0 Å². The van der Waals surface area contributed by atoms with Crippen molar-refractivity contribution in [3.05, 3.63) is 57.7 Å². The van der Waals surface area contributed by atoms with Gasteiger partial charge in [-0.1, -0.05) is 23.7 Å². The Bertz CT molecular complexity index is 702. The molecule has 0 fully saturated rings. The van der Waals surface area contributed by atoms with E-state index < -0.39 is 11.6 Å². The van der Waals surface area contributed by atoms with Gasteiger partial charge < -0.3 is 4.74 Å². The average Bonchev–Trinajstić information content (AvgIpc) is 2.50. The van der Waals surface area contributed by atoms with Crippen molar-refractivity contribution >= 4 is 17.5 Å². The fraction of sp³-hybridized carbons (Fsp3) is 0.154. The molecule has 1 aromatic heterocycles. The van der Waals surface area contributed by atoms with Crippen LogP contribution in [0, 0.1) is 0 Å². The first-order valence-electron chi connectivity index (χ1n) is 6.06. The maximum atomic E-state index is 11.6. The Morgan fingerprint density at radius 3 is 2.95 bits per heavy atom. The van der Waals surface area contributed by atoms with Gasteiger partial charge in [0.15, 0.2) is 0 Å². The lowest BCUT2D eigenvalue weighted by atomic mass is 10.2. The van der Waals surface area contributed by atoms with Gasteiger partial charge >= 0.3 is 5.69 Å². The van der Waals surface area contributed by atoms with Crippen LogP contribution >= 0.6 is 11.6 Å². The van der Waals surface area contributed by atoms with Crippen LogP contribution in [0.2, 0.25) is 5.02 Å². The second-order valence-electron chi connectivity index (χ2n) is 4.07. The molecule has 110 valence electrons. The molecule has 1 amide bonds. The quantitative estimate of drug-likeness (QED) is 0.478. The molecule has 1 aromatic carbocycles. The predicted molar refractivity (Wildman–Crippen MR) is 77.1 cm³/mol. The molecule has 0 unspecified atom stereocenters. The van der Waals surface area contributed by atoms with E-state index in [0.29, 0.717) is 16.3 Å². The van der Waals surface area contributed by atoms with Crippen molar-refractivity contribution in [2.24, 2.45) is 5.84 Å². The summed E-state index contributed by atoms with van der Waals surface area (Å²) in [5.74, 6) is 5.03. The first-order valence-corrected chi connectivity index (χ1v) is 6.44. The van der Waals surface area contributed by atoms with Gasteiger partial charge in [0.05, 0.1) is 23.3 Å². The minimum atomic E-state index is -0.452. The monoisotopic (exact) mass is 308 g/mol. The third kappa shape index (κ3) is 3.80. The van der Waals surface area contributed by atoms with Crippen LogP contribution in [0.3, 0.4) is 0 Å². The molecular weight excluding hydrogens is 296 g/mol. The number of amides is 1. The second-order valence-corrected chi connectivity index (χ2v) is 4.50. The summed E-state index contributed by atoms with van der Waals surface area (Å²) in [6, 6.07) is 6.66. The fourth-order valence-electron chi connectivity index (χ4n) is 1.70. The van der Waals surface area contributed by atoms with Crippen LogP contribution in [0.15, 0.2) is 41.5 Å². The molecule has 0 bridgehead atoms. The number of nitrogens with two attached hydrogens (primary N) is 1. The number of carbonyl (C=O) groups is 1. The highest BCUT2D eigenvalue weighted by Gasteiger charge is 2.10. The van der Waals surface area contributed by atoms with Gasteiger partial charge in [0, 0.05) is 6.20 Å². The predicted octanol–water partition coefficient (Wildman–Crippen LogP) is 0.579. The molecule has 0 aliphatic carbocycles. The van der Waals surface area contributed by atoms with Crippen molar-refractivity contribution in [2.45, 2.75) is 6.54 Å². The minimum Gasteiger partial charge on any atom is -0.491 e. The number of benzene rings is 1. The molecule has 2 rings (SSSR count). The number of aromatic nitrogens is 2. The molecule has 0 aliphatic rings. The van der Waals surface area contributed by atoms with Gasteiger partial charge in [-0.15, -0.1) is 0 Å². The summed E-state index contributed by atoms with van der Waals surface area (Å²) in [6.45, 7) is 0.432. The number of carbonyl (C=O) groups excluding carboxylic acids is 1. The summed E-state index contributed by atoms with van der Waals surface area (Å²) >= 11 is 5.77. The van der Waals surface area contributed by atoms with Crippen LogP contribution in [0.1, 0.15) is 10.4 Å². The van der Waals surface area contributed by atoms with Crippen molar-refractivity contribution in [1.29, 1.82) is 0 Å². The first-order chi connectivity index (χ1) is 10.1. The molecule has 0 atom stereocenters. The molecule has 3 N–H and O–H groups in total. The normalized spacial score (nSPS) is 10.2. The van der Waals surface area contributed by atoms with Crippen molar-refractivity contribution in [1.82, 2.24) is 15.0 Å². The first kappa shape index (κ1) is 15.0. The largest absolute Gasteiger partial charge is 0.491 e. The number of halogens is 1. The van der Waals surface area contributed by atoms with Crippen LogP contribution < -0.4 is 21.7 Å². The highest BCUT2D eigenvalue weighted by molar-refractivity contribution is 6.30. The minimum absolute atomic E-state index is 0.177. The number of nitrogen functional groups attached to an aromatic ring is 1. The number of hydrazine groups is 1. The van der Waals surface area contributed by atoms with E-state index in [4.69, 9.17) is 22.2 Å². The number of rotatable bonds is 5. The van der Waals surface area contributed by atoms with Crippen LogP contribution in [-0.2, 0) is 6.54 Å². The van der Waals surface area contributed by atoms with Crippen LogP contribution in [-0.4, -0.2) is 22.1 Å². The average molecular weight is 309 g/mol. The van der Waals surface area contributed by atoms with E-state index in [2.05, 4.69) is 4.98 Å². The Balaban J connectivity index is 2.06. The zero-order valence-electron chi connectivity index (χ0n) is 11.0. The molecule has 8 heteroatoms. The van der Waals surface area contributed by atoms with Gasteiger partial charge in [0.1, 0.15) is 12.4 Å². The molecule has 0 aliphatic heterocycles. The smallest absolute Gasteiger partial charge is 0.347 e. The molecule has 1 heterocycles. The fourth-order valence-corrected chi connectivity index (χ4v) is 1.87. The maximum Gasteiger partial charge on any atom is 0.347 e. The van der Waals surface area contributed by atoms with Crippen molar-refractivity contribution in [2.75, 3.05) is 6.61 Å². The topological polar surface area (TPSA) is 99.2 Å². The van der Waals surface area contributed by atoms with Crippen molar-refractivity contribution in [3.63, 3.8) is 0 Å². The van der Waals surface area contributed by atoms with E-state index in [1.54, 1.807) is 24.3 Å². The number of para-hydroxylation sites is 1. The molecular formula is C13H13ClN4O3. The molecule has 2 aromatic rings. The van der Waals surface area contributed by atoms with E-state index in [-0.39, 0.29) is 13.2 Å². The number of hydrogen-bond donors (Lipinski definition) is 2. The Kier molecular flexibility index (Phi) is 4.91. The third-order valence-electron chi connectivity index (χ3n) is 2.68. The molecule has 7 nitrogen and oxygen atoms in total. The van der Waals surface area contributed by atoms with Gasteiger partial charge in [0.25, 0.3) is 5.91 Å². The van der Waals surface area contributed by atoms with E-state index in [0.717, 1.165) is 0 Å². The maximum absolute atomic E-state index is 11.6.